The molecule has 3 nitrogen and oxygen atoms in total. The van der Waals surface area contributed by atoms with Gasteiger partial charge in [-0.05, 0) is 19.8 Å². The van der Waals surface area contributed by atoms with E-state index < -0.39 is 0 Å². The molecule has 0 saturated carbocycles. The van der Waals surface area contributed by atoms with Crippen molar-refractivity contribution in [1.82, 2.24) is 0 Å². The molecule has 0 aliphatic rings. The van der Waals surface area contributed by atoms with Crippen LogP contribution in [0.15, 0.2) is 0 Å². The van der Waals surface area contributed by atoms with E-state index in [1.54, 1.807) is 0 Å². The summed E-state index contributed by atoms with van der Waals surface area (Å²) in [7, 11) is 0. The molecule has 0 bridgehead atoms. The first-order chi connectivity index (χ1) is 11.2. The van der Waals surface area contributed by atoms with Crippen LogP contribution in [0.5, 0.6) is 0 Å². The molecule has 1 radical (unpaired) electrons. The topological polar surface area (TPSA) is 46.5 Å². The van der Waals surface area contributed by atoms with Crippen molar-refractivity contribution in [3.63, 3.8) is 0 Å². The lowest BCUT2D eigenvalue weighted by Crippen LogP contribution is -2.22. The number of aliphatic hydroxyl groups is 1. The van der Waals surface area contributed by atoms with E-state index in [4.69, 9.17) is 9.84 Å². The first-order valence-electron chi connectivity index (χ1n) is 9.76. The van der Waals surface area contributed by atoms with Gasteiger partial charge in [0.25, 0.3) is 0 Å². The first-order valence-corrected chi connectivity index (χ1v) is 9.76. The van der Waals surface area contributed by atoms with Crippen molar-refractivity contribution in [1.29, 1.82) is 0 Å². The Balaban J connectivity index is 4.07. The molecular weight excluding hydrogens is 288 g/mol. The summed E-state index contributed by atoms with van der Waals surface area (Å²) in [6.07, 6.45) is 14.1. The number of esters is 1. The fourth-order valence-corrected chi connectivity index (χ4v) is 2.74. The maximum Gasteiger partial charge on any atom is 0.308 e. The molecule has 0 aromatic rings. The number of unbranched alkanes of at least 4 members (excludes halogenated alkanes) is 8. The molecule has 0 aromatic carbocycles. The van der Waals surface area contributed by atoms with Crippen LogP contribution in [0.3, 0.4) is 0 Å². The second-order valence-electron chi connectivity index (χ2n) is 6.78. The largest absolute Gasteiger partial charge is 0.465 e. The Bertz CT molecular complexity index is 266. The van der Waals surface area contributed by atoms with Gasteiger partial charge in [0.05, 0.1) is 12.5 Å². The summed E-state index contributed by atoms with van der Waals surface area (Å²) in [5, 5.41) is 8.98. The van der Waals surface area contributed by atoms with Crippen LogP contribution < -0.4 is 0 Å². The van der Waals surface area contributed by atoms with E-state index in [1.807, 2.05) is 0 Å². The van der Waals surface area contributed by atoms with Gasteiger partial charge in [-0.15, -0.1) is 0 Å². The Kier molecular flexibility index (Phi) is 15.9. The van der Waals surface area contributed by atoms with Crippen molar-refractivity contribution >= 4 is 5.97 Å². The average molecular weight is 328 g/mol. The van der Waals surface area contributed by atoms with Gasteiger partial charge in [0, 0.05) is 12.5 Å². The zero-order valence-electron chi connectivity index (χ0n) is 15.5. The molecule has 0 aliphatic carbocycles. The van der Waals surface area contributed by atoms with E-state index in [0.717, 1.165) is 25.7 Å². The lowest BCUT2D eigenvalue weighted by atomic mass is 9.94. The third kappa shape index (κ3) is 13.6. The van der Waals surface area contributed by atoms with E-state index in [1.165, 1.54) is 51.4 Å². The predicted octanol–water partition coefficient (Wildman–Crippen LogP) is 5.31. The van der Waals surface area contributed by atoms with E-state index >= 15 is 0 Å². The molecule has 2 unspecified atom stereocenters. The molecule has 0 spiro atoms. The minimum atomic E-state index is -0.214. The maximum atomic E-state index is 12.3. The van der Waals surface area contributed by atoms with Crippen molar-refractivity contribution in [2.45, 2.75) is 90.9 Å². The third-order valence-electron chi connectivity index (χ3n) is 4.37. The minimum absolute atomic E-state index is 0.0314. The Morgan fingerprint density at radius 3 is 1.91 bits per heavy atom. The lowest BCUT2D eigenvalue weighted by molar-refractivity contribution is -0.150. The van der Waals surface area contributed by atoms with Crippen LogP contribution in [0.1, 0.15) is 90.9 Å². The quantitative estimate of drug-likeness (QED) is 0.309. The highest BCUT2D eigenvalue weighted by molar-refractivity contribution is 5.72. The Labute approximate surface area is 144 Å². The number of carbonyl (C=O) groups is 1. The molecule has 0 fully saturated rings. The molecule has 0 rings (SSSR count). The standard InChI is InChI=1S/C20H39O3/c1-4-6-8-10-11-13-15-19(14-12-9-7-5-2)20(22)23-17-18(3)16-21/h18-19,21H,3-17H2,1-2H3. The highest BCUT2D eigenvalue weighted by Crippen LogP contribution is 2.20. The summed E-state index contributed by atoms with van der Waals surface area (Å²) >= 11 is 0. The first kappa shape index (κ1) is 22.4. The van der Waals surface area contributed by atoms with E-state index in [9.17, 15) is 4.79 Å². The molecule has 137 valence electrons. The Morgan fingerprint density at radius 2 is 1.39 bits per heavy atom. The van der Waals surface area contributed by atoms with Crippen molar-refractivity contribution in [3.8, 4) is 0 Å². The number of carbonyl (C=O) groups excluding carboxylic acids is 1. The Hall–Kier alpha value is -0.570. The van der Waals surface area contributed by atoms with Gasteiger partial charge in [0.2, 0.25) is 0 Å². The molecule has 23 heavy (non-hydrogen) atoms. The van der Waals surface area contributed by atoms with Gasteiger partial charge >= 0.3 is 5.97 Å². The van der Waals surface area contributed by atoms with Crippen molar-refractivity contribution in [2.24, 2.45) is 11.8 Å². The van der Waals surface area contributed by atoms with Crippen LogP contribution in [-0.2, 0) is 9.53 Å². The maximum absolute atomic E-state index is 12.3. The second kappa shape index (κ2) is 16.3. The molecule has 0 amide bonds. The van der Waals surface area contributed by atoms with Crippen LogP contribution in [0.4, 0.5) is 0 Å². The number of hydrogen-bond acceptors (Lipinski definition) is 3. The van der Waals surface area contributed by atoms with Gasteiger partial charge < -0.3 is 9.84 Å². The highest BCUT2D eigenvalue weighted by atomic mass is 16.5. The van der Waals surface area contributed by atoms with Crippen molar-refractivity contribution < 1.29 is 14.6 Å². The molecule has 3 heteroatoms. The summed E-state index contributed by atoms with van der Waals surface area (Å²) in [4.78, 5) is 12.3. The molecule has 0 saturated heterocycles. The van der Waals surface area contributed by atoms with E-state index in [2.05, 4.69) is 20.8 Å². The van der Waals surface area contributed by atoms with Crippen molar-refractivity contribution in [3.05, 3.63) is 6.92 Å². The molecule has 0 aliphatic heterocycles. The molecule has 1 N–H and O–H groups in total. The van der Waals surface area contributed by atoms with Crippen LogP contribution in [0.25, 0.3) is 0 Å². The average Bonchev–Trinajstić information content (AvgIpc) is 2.57. The SMILES string of the molecule is [CH2]C(CO)COC(=O)C(CCCCCC)CCCCCCCC. The van der Waals surface area contributed by atoms with E-state index in [0.29, 0.717) is 0 Å². The fraction of sp³-hybridized carbons (Fsp3) is 0.900. The van der Waals surface area contributed by atoms with Crippen LogP contribution in [0.2, 0.25) is 0 Å². The smallest absolute Gasteiger partial charge is 0.308 e. The number of aliphatic hydroxyl groups excluding tert-OH is 1. The lowest BCUT2D eigenvalue weighted by Gasteiger charge is -2.17. The van der Waals surface area contributed by atoms with Crippen LogP contribution in [-0.4, -0.2) is 24.3 Å². The summed E-state index contributed by atoms with van der Waals surface area (Å²) in [6, 6.07) is 0. The van der Waals surface area contributed by atoms with Crippen molar-refractivity contribution in [2.75, 3.05) is 13.2 Å². The number of hydrogen-bond donors (Lipinski definition) is 1. The van der Waals surface area contributed by atoms with Gasteiger partial charge in [-0.3, -0.25) is 4.79 Å². The second-order valence-corrected chi connectivity index (χ2v) is 6.78. The molecule has 0 aromatic heterocycles. The summed E-state index contributed by atoms with van der Waals surface area (Å²) < 4.78 is 5.35. The van der Waals surface area contributed by atoms with E-state index in [-0.39, 0.29) is 31.0 Å². The molecular formula is C20H39O3. The predicted molar refractivity (Wildman–Crippen MR) is 97.1 cm³/mol. The Morgan fingerprint density at radius 1 is 0.913 bits per heavy atom. The normalized spacial score (nSPS) is 13.7. The monoisotopic (exact) mass is 327 g/mol. The zero-order valence-corrected chi connectivity index (χ0v) is 15.5. The van der Waals surface area contributed by atoms with Gasteiger partial charge in [0.1, 0.15) is 0 Å². The summed E-state index contributed by atoms with van der Waals surface area (Å²) in [5.74, 6) is -0.269. The summed E-state index contributed by atoms with van der Waals surface area (Å²) in [5.41, 5.74) is 0. The molecule has 2 atom stereocenters. The molecule has 0 heterocycles. The zero-order chi connectivity index (χ0) is 17.3. The third-order valence-corrected chi connectivity index (χ3v) is 4.37. The highest BCUT2D eigenvalue weighted by Gasteiger charge is 2.20. The van der Waals surface area contributed by atoms with Gasteiger partial charge in [0.15, 0.2) is 0 Å². The van der Waals surface area contributed by atoms with Gasteiger partial charge in [-0.1, -0.05) is 78.1 Å². The summed E-state index contributed by atoms with van der Waals surface area (Å²) in [6.45, 7) is 8.38. The van der Waals surface area contributed by atoms with Crippen LogP contribution >= 0.6 is 0 Å². The number of ether oxygens (including phenoxy) is 1. The van der Waals surface area contributed by atoms with Gasteiger partial charge in [-0.25, -0.2) is 0 Å². The van der Waals surface area contributed by atoms with Gasteiger partial charge in [-0.2, -0.15) is 0 Å². The minimum Gasteiger partial charge on any atom is -0.465 e. The number of rotatable bonds is 16. The fourth-order valence-electron chi connectivity index (χ4n) is 2.74. The van der Waals surface area contributed by atoms with Crippen LogP contribution in [0, 0.1) is 18.8 Å².